The van der Waals surface area contributed by atoms with Crippen molar-refractivity contribution < 1.29 is 19.0 Å². The molecule has 0 aliphatic rings. The Morgan fingerprint density at radius 2 is 2.22 bits per heavy atom. The van der Waals surface area contributed by atoms with E-state index in [1.54, 1.807) is 19.2 Å². The molecule has 18 heavy (non-hydrogen) atoms. The number of imidazole rings is 1. The first kappa shape index (κ1) is 12.1. The van der Waals surface area contributed by atoms with E-state index in [1.807, 2.05) is 0 Å². The lowest BCUT2D eigenvalue weighted by molar-refractivity contribution is 0.0679. The first-order chi connectivity index (χ1) is 8.58. The predicted molar refractivity (Wildman–Crippen MR) is 60.9 cm³/mol. The van der Waals surface area contributed by atoms with Gasteiger partial charge >= 0.3 is 5.97 Å². The Morgan fingerprint density at radius 3 is 2.83 bits per heavy atom. The van der Waals surface area contributed by atoms with Crippen molar-refractivity contribution >= 4 is 5.97 Å². The molecule has 0 saturated heterocycles. The summed E-state index contributed by atoms with van der Waals surface area (Å²) in [6, 6.07) is 6.00. The number of carbonyl (C=O) groups is 1. The number of halogens is 1. The molecular formula is C12H11FN2O3. The molecule has 0 fully saturated rings. The van der Waals surface area contributed by atoms with Gasteiger partial charge in [0.25, 0.3) is 0 Å². The Balaban J connectivity index is 2.09. The van der Waals surface area contributed by atoms with Crippen molar-refractivity contribution in [1.82, 2.24) is 9.55 Å². The van der Waals surface area contributed by atoms with Gasteiger partial charge in [-0.2, -0.15) is 0 Å². The highest BCUT2D eigenvalue weighted by atomic mass is 19.1. The maximum absolute atomic E-state index is 13.3. The summed E-state index contributed by atoms with van der Waals surface area (Å²) >= 11 is 0. The molecule has 1 aromatic carbocycles. The summed E-state index contributed by atoms with van der Waals surface area (Å²) in [5.41, 5.74) is 0.429. The maximum atomic E-state index is 13.3. The van der Waals surface area contributed by atoms with E-state index >= 15 is 0 Å². The minimum Gasteiger partial charge on any atom is -0.484 e. The van der Waals surface area contributed by atoms with Crippen molar-refractivity contribution in [3.8, 4) is 5.75 Å². The lowest BCUT2D eigenvalue weighted by Crippen LogP contribution is -2.05. The monoisotopic (exact) mass is 250 g/mol. The molecule has 1 aromatic heterocycles. The van der Waals surface area contributed by atoms with Gasteiger partial charge in [0.2, 0.25) is 5.82 Å². The van der Waals surface area contributed by atoms with Gasteiger partial charge in [-0.1, -0.05) is 12.1 Å². The number of benzene rings is 1. The molecule has 2 aromatic rings. The number of carboxylic acid groups (broad SMARTS) is 1. The van der Waals surface area contributed by atoms with Crippen LogP contribution in [0.2, 0.25) is 0 Å². The number of aromatic carboxylic acids is 1. The fourth-order valence-electron chi connectivity index (χ4n) is 1.51. The molecule has 2 rings (SSSR count). The number of aryl methyl sites for hydroxylation is 1. The van der Waals surface area contributed by atoms with Gasteiger partial charge in [0, 0.05) is 13.2 Å². The number of rotatable bonds is 4. The highest BCUT2D eigenvalue weighted by molar-refractivity contribution is 5.83. The van der Waals surface area contributed by atoms with Crippen molar-refractivity contribution in [3.63, 3.8) is 0 Å². The average Bonchev–Trinajstić information content (AvgIpc) is 2.70. The summed E-state index contributed by atoms with van der Waals surface area (Å²) in [5, 5.41) is 8.82. The van der Waals surface area contributed by atoms with E-state index in [9.17, 15) is 9.18 Å². The van der Waals surface area contributed by atoms with E-state index in [0.717, 1.165) is 0 Å². The number of nitrogens with zero attached hydrogens (tertiary/aromatic N) is 2. The van der Waals surface area contributed by atoms with Gasteiger partial charge in [0.1, 0.15) is 6.61 Å². The Morgan fingerprint density at radius 1 is 1.50 bits per heavy atom. The van der Waals surface area contributed by atoms with Crippen LogP contribution in [0.15, 0.2) is 30.5 Å². The second-order valence-corrected chi connectivity index (χ2v) is 3.69. The van der Waals surface area contributed by atoms with Gasteiger partial charge in [0.15, 0.2) is 11.6 Å². The third kappa shape index (κ3) is 2.48. The van der Waals surface area contributed by atoms with Crippen LogP contribution in [0.5, 0.6) is 5.75 Å². The Hall–Kier alpha value is -2.37. The van der Waals surface area contributed by atoms with E-state index < -0.39 is 11.8 Å². The normalized spacial score (nSPS) is 10.3. The van der Waals surface area contributed by atoms with Crippen LogP contribution in [-0.4, -0.2) is 20.6 Å². The number of aromatic nitrogens is 2. The van der Waals surface area contributed by atoms with Crippen LogP contribution in [0, 0.1) is 5.82 Å². The molecule has 6 heteroatoms. The van der Waals surface area contributed by atoms with Gasteiger partial charge < -0.3 is 14.4 Å². The summed E-state index contributed by atoms with van der Waals surface area (Å²) in [6.45, 7) is 0.0159. The zero-order valence-corrected chi connectivity index (χ0v) is 9.63. The molecule has 0 spiro atoms. The lowest BCUT2D eigenvalue weighted by Gasteiger charge is -2.04. The zero-order chi connectivity index (χ0) is 13.1. The summed E-state index contributed by atoms with van der Waals surface area (Å²) in [7, 11) is 1.57. The first-order valence-corrected chi connectivity index (χ1v) is 5.21. The molecule has 94 valence electrons. The van der Waals surface area contributed by atoms with Crippen LogP contribution in [0.25, 0.3) is 0 Å². The van der Waals surface area contributed by atoms with E-state index in [1.165, 1.54) is 22.9 Å². The smallest absolute Gasteiger partial charge is 0.372 e. The van der Waals surface area contributed by atoms with E-state index in [4.69, 9.17) is 9.84 Å². The van der Waals surface area contributed by atoms with Crippen LogP contribution in [0.4, 0.5) is 4.39 Å². The van der Waals surface area contributed by atoms with Crippen LogP contribution in [0.1, 0.15) is 16.3 Å². The summed E-state index contributed by atoms with van der Waals surface area (Å²) in [4.78, 5) is 14.6. The van der Waals surface area contributed by atoms with Crippen molar-refractivity contribution in [2.45, 2.75) is 6.61 Å². The topological polar surface area (TPSA) is 64.4 Å². The molecule has 0 radical (unpaired) electrons. The summed E-state index contributed by atoms with van der Waals surface area (Å²) in [6.07, 6.45) is 1.53. The highest BCUT2D eigenvalue weighted by Gasteiger charge is 2.12. The minimum atomic E-state index is -1.12. The Kier molecular flexibility index (Phi) is 3.27. The quantitative estimate of drug-likeness (QED) is 0.899. The Bertz CT molecular complexity index is 580. The number of carboxylic acids is 1. The van der Waals surface area contributed by atoms with Crippen molar-refractivity contribution in [2.24, 2.45) is 7.05 Å². The van der Waals surface area contributed by atoms with E-state index in [2.05, 4.69) is 4.98 Å². The molecule has 0 saturated carbocycles. The summed E-state index contributed by atoms with van der Waals surface area (Å²) in [5.74, 6) is -1.55. The molecule has 0 unspecified atom stereocenters. The van der Waals surface area contributed by atoms with Crippen molar-refractivity contribution in [3.05, 3.63) is 47.8 Å². The fraction of sp³-hybridized carbons (Fsp3) is 0.167. The second kappa shape index (κ2) is 4.87. The molecule has 0 aliphatic carbocycles. The maximum Gasteiger partial charge on any atom is 0.372 e. The minimum absolute atomic E-state index is 0.0159. The molecule has 5 nitrogen and oxygen atoms in total. The van der Waals surface area contributed by atoms with Crippen LogP contribution in [-0.2, 0) is 13.7 Å². The lowest BCUT2D eigenvalue weighted by atomic mass is 10.3. The largest absolute Gasteiger partial charge is 0.484 e. The van der Waals surface area contributed by atoms with Crippen molar-refractivity contribution in [1.29, 1.82) is 0 Å². The molecule has 0 aliphatic heterocycles. The molecule has 0 amide bonds. The first-order valence-electron chi connectivity index (χ1n) is 5.21. The van der Waals surface area contributed by atoms with Crippen LogP contribution in [0.3, 0.4) is 0 Å². The number of hydrogen-bond donors (Lipinski definition) is 1. The third-order valence-corrected chi connectivity index (χ3v) is 2.33. The number of ether oxygens (including phenoxy) is 1. The second-order valence-electron chi connectivity index (χ2n) is 3.69. The number of hydrogen-bond acceptors (Lipinski definition) is 3. The SMILES string of the molecule is Cn1cc(COc2ccccc2F)nc1C(=O)O. The zero-order valence-electron chi connectivity index (χ0n) is 9.63. The van der Waals surface area contributed by atoms with Crippen LogP contribution < -0.4 is 4.74 Å². The van der Waals surface area contributed by atoms with E-state index in [-0.39, 0.29) is 18.2 Å². The molecule has 1 N–H and O–H groups in total. The molecule has 1 heterocycles. The van der Waals surface area contributed by atoms with Gasteiger partial charge in [0.05, 0.1) is 5.69 Å². The molecule has 0 atom stereocenters. The van der Waals surface area contributed by atoms with Crippen LogP contribution >= 0.6 is 0 Å². The van der Waals surface area contributed by atoms with Gasteiger partial charge in [-0.3, -0.25) is 0 Å². The fourth-order valence-corrected chi connectivity index (χ4v) is 1.51. The van der Waals surface area contributed by atoms with E-state index in [0.29, 0.717) is 5.69 Å². The van der Waals surface area contributed by atoms with Crippen molar-refractivity contribution in [2.75, 3.05) is 0 Å². The highest BCUT2D eigenvalue weighted by Crippen LogP contribution is 2.16. The van der Waals surface area contributed by atoms with Gasteiger partial charge in [-0.05, 0) is 12.1 Å². The average molecular weight is 250 g/mol. The molecule has 0 bridgehead atoms. The molecular weight excluding hydrogens is 239 g/mol. The van der Waals surface area contributed by atoms with Gasteiger partial charge in [-0.25, -0.2) is 14.2 Å². The Labute approximate surface area is 102 Å². The number of para-hydroxylation sites is 1. The standard InChI is InChI=1S/C12H11FN2O3/c1-15-6-8(14-11(15)12(16)17)7-18-10-5-3-2-4-9(10)13/h2-6H,7H2,1H3,(H,16,17). The van der Waals surface area contributed by atoms with Gasteiger partial charge in [-0.15, -0.1) is 0 Å². The third-order valence-electron chi connectivity index (χ3n) is 2.33. The predicted octanol–water partition coefficient (Wildman–Crippen LogP) is 1.84. The summed E-state index contributed by atoms with van der Waals surface area (Å²) < 4.78 is 19.9.